The average molecular weight is 362 g/mol. The van der Waals surface area contributed by atoms with Gasteiger partial charge >= 0.3 is 0 Å². The highest BCUT2D eigenvalue weighted by molar-refractivity contribution is 9.11. The average Bonchev–Trinajstić information content (AvgIpc) is 2.72. The first-order chi connectivity index (χ1) is 7.99. The second-order valence-electron chi connectivity index (χ2n) is 3.14. The van der Waals surface area contributed by atoms with Crippen LogP contribution in [0.25, 0.3) is 11.5 Å². The first-order valence-electron chi connectivity index (χ1n) is 4.37. The largest absolute Gasteiger partial charge is 0.397 e. The Labute approximate surface area is 113 Å². The lowest BCUT2D eigenvalue weighted by molar-refractivity contribution is 0.0987. The highest BCUT2D eigenvalue weighted by Gasteiger charge is 2.16. The number of aromatic nitrogens is 2. The predicted octanol–water partition coefficient (Wildman–Crippen LogP) is 1.94. The number of hydrogen-bond acceptors (Lipinski definition) is 5. The van der Waals surface area contributed by atoms with Gasteiger partial charge in [0.2, 0.25) is 0 Å². The van der Waals surface area contributed by atoms with Crippen LogP contribution in [-0.2, 0) is 0 Å². The van der Waals surface area contributed by atoms with E-state index in [2.05, 4.69) is 42.0 Å². The SMILES string of the molecule is NC(=O)c1noc(-c2cc(Br)cc(Br)c2N)n1. The summed E-state index contributed by atoms with van der Waals surface area (Å²) in [5, 5.41) is 3.45. The lowest BCUT2D eigenvalue weighted by Crippen LogP contribution is -2.12. The molecule has 1 aromatic heterocycles. The zero-order valence-electron chi connectivity index (χ0n) is 8.28. The third-order valence-electron chi connectivity index (χ3n) is 1.97. The minimum absolute atomic E-state index is 0.137. The monoisotopic (exact) mass is 360 g/mol. The molecule has 6 nitrogen and oxygen atoms in total. The van der Waals surface area contributed by atoms with Crippen LogP contribution in [0.1, 0.15) is 10.6 Å². The van der Waals surface area contributed by atoms with Gasteiger partial charge in [-0.2, -0.15) is 4.98 Å². The molecule has 8 heteroatoms. The number of rotatable bonds is 2. The van der Waals surface area contributed by atoms with Crippen LogP contribution >= 0.6 is 31.9 Å². The van der Waals surface area contributed by atoms with E-state index in [4.69, 9.17) is 16.0 Å². The van der Waals surface area contributed by atoms with Gasteiger partial charge < -0.3 is 16.0 Å². The number of anilines is 1. The topological polar surface area (TPSA) is 108 Å². The Balaban J connectivity index is 2.56. The van der Waals surface area contributed by atoms with Crippen molar-refractivity contribution < 1.29 is 9.32 Å². The molecule has 0 saturated carbocycles. The lowest BCUT2D eigenvalue weighted by atomic mass is 10.2. The van der Waals surface area contributed by atoms with Gasteiger partial charge in [-0.05, 0) is 28.1 Å². The highest BCUT2D eigenvalue weighted by Crippen LogP contribution is 2.34. The van der Waals surface area contributed by atoms with Gasteiger partial charge in [0, 0.05) is 8.95 Å². The van der Waals surface area contributed by atoms with Crippen molar-refractivity contribution in [1.82, 2.24) is 10.1 Å². The Morgan fingerprint density at radius 3 is 2.65 bits per heavy atom. The van der Waals surface area contributed by atoms with Crippen molar-refractivity contribution >= 4 is 43.5 Å². The van der Waals surface area contributed by atoms with E-state index >= 15 is 0 Å². The number of amides is 1. The molecule has 0 fully saturated rings. The number of benzene rings is 1. The summed E-state index contributed by atoms with van der Waals surface area (Å²) in [7, 11) is 0. The molecule has 0 saturated heterocycles. The fourth-order valence-corrected chi connectivity index (χ4v) is 2.42. The zero-order valence-corrected chi connectivity index (χ0v) is 11.4. The molecule has 1 heterocycles. The summed E-state index contributed by atoms with van der Waals surface area (Å²) in [4.78, 5) is 14.7. The number of halogens is 2. The third kappa shape index (κ3) is 2.32. The minimum atomic E-state index is -0.757. The third-order valence-corrected chi connectivity index (χ3v) is 3.09. The maximum Gasteiger partial charge on any atom is 0.290 e. The van der Waals surface area contributed by atoms with Gasteiger partial charge in [0.05, 0.1) is 11.3 Å². The molecule has 0 unspecified atom stereocenters. The molecule has 0 spiro atoms. The lowest BCUT2D eigenvalue weighted by Gasteiger charge is -2.04. The van der Waals surface area contributed by atoms with Crippen LogP contribution in [0.5, 0.6) is 0 Å². The summed E-state index contributed by atoms with van der Waals surface area (Å²) in [5.74, 6) is -0.804. The van der Waals surface area contributed by atoms with E-state index in [0.717, 1.165) is 4.47 Å². The smallest absolute Gasteiger partial charge is 0.290 e. The van der Waals surface area contributed by atoms with Gasteiger partial charge in [-0.3, -0.25) is 4.79 Å². The van der Waals surface area contributed by atoms with E-state index < -0.39 is 5.91 Å². The normalized spacial score (nSPS) is 10.5. The molecule has 2 aromatic rings. The quantitative estimate of drug-likeness (QED) is 0.794. The standard InChI is InChI=1S/C9H6Br2N4O2/c10-3-1-4(6(12)5(11)2-3)9-14-8(7(13)16)15-17-9/h1-2H,12H2,(H2,13,16). The van der Waals surface area contributed by atoms with Crippen molar-refractivity contribution in [2.75, 3.05) is 5.73 Å². The second-order valence-corrected chi connectivity index (χ2v) is 4.91. The fourth-order valence-electron chi connectivity index (χ4n) is 1.19. The molecule has 0 bridgehead atoms. The van der Waals surface area contributed by atoms with E-state index in [-0.39, 0.29) is 11.7 Å². The molecule has 4 N–H and O–H groups in total. The number of carbonyl (C=O) groups excluding carboxylic acids is 1. The number of nitrogens with two attached hydrogens (primary N) is 2. The Hall–Kier alpha value is -1.41. The van der Waals surface area contributed by atoms with Crippen molar-refractivity contribution in [3.8, 4) is 11.5 Å². The maximum atomic E-state index is 10.9. The summed E-state index contributed by atoms with van der Waals surface area (Å²) >= 11 is 6.61. The van der Waals surface area contributed by atoms with Gasteiger partial charge in [-0.1, -0.05) is 21.1 Å². The van der Waals surface area contributed by atoms with Crippen LogP contribution in [0, 0.1) is 0 Å². The van der Waals surface area contributed by atoms with Gasteiger partial charge in [-0.15, -0.1) is 0 Å². The first-order valence-corrected chi connectivity index (χ1v) is 5.96. The van der Waals surface area contributed by atoms with E-state index in [1.165, 1.54) is 0 Å². The molecule has 17 heavy (non-hydrogen) atoms. The zero-order chi connectivity index (χ0) is 12.6. The Bertz CT molecular complexity index is 597. The van der Waals surface area contributed by atoms with E-state index in [0.29, 0.717) is 15.7 Å². The summed E-state index contributed by atoms with van der Waals surface area (Å²) in [5.41, 5.74) is 11.8. The van der Waals surface area contributed by atoms with E-state index in [9.17, 15) is 4.79 Å². The molecule has 2 rings (SSSR count). The highest BCUT2D eigenvalue weighted by atomic mass is 79.9. The van der Waals surface area contributed by atoms with Crippen molar-refractivity contribution in [2.45, 2.75) is 0 Å². The van der Waals surface area contributed by atoms with Crippen molar-refractivity contribution in [2.24, 2.45) is 5.73 Å². The Kier molecular flexibility index (Phi) is 3.16. The fraction of sp³-hybridized carbons (Fsp3) is 0. The summed E-state index contributed by atoms with van der Waals surface area (Å²) in [6.07, 6.45) is 0. The molecule has 0 atom stereocenters. The van der Waals surface area contributed by atoms with Gasteiger partial charge in [0.25, 0.3) is 17.6 Å². The van der Waals surface area contributed by atoms with Gasteiger partial charge in [-0.25, -0.2) is 0 Å². The van der Waals surface area contributed by atoms with Gasteiger partial charge in [0.1, 0.15) is 0 Å². The van der Waals surface area contributed by atoms with E-state index in [1.54, 1.807) is 12.1 Å². The number of nitrogen functional groups attached to an aromatic ring is 1. The van der Waals surface area contributed by atoms with Crippen molar-refractivity contribution in [3.05, 3.63) is 26.9 Å². The minimum Gasteiger partial charge on any atom is -0.397 e. The van der Waals surface area contributed by atoms with Crippen LogP contribution in [0.4, 0.5) is 5.69 Å². The van der Waals surface area contributed by atoms with Crippen LogP contribution in [0.2, 0.25) is 0 Å². The second kappa shape index (κ2) is 4.46. The summed E-state index contributed by atoms with van der Waals surface area (Å²) in [6, 6.07) is 3.49. The van der Waals surface area contributed by atoms with Crippen LogP contribution in [0.3, 0.4) is 0 Å². The van der Waals surface area contributed by atoms with E-state index in [1.807, 2.05) is 0 Å². The molecule has 0 aliphatic heterocycles. The van der Waals surface area contributed by atoms with Crippen molar-refractivity contribution in [1.29, 1.82) is 0 Å². The van der Waals surface area contributed by atoms with Crippen LogP contribution in [-0.4, -0.2) is 16.0 Å². The molecular weight excluding hydrogens is 356 g/mol. The Morgan fingerprint density at radius 2 is 2.06 bits per heavy atom. The Morgan fingerprint density at radius 1 is 1.35 bits per heavy atom. The molecular formula is C9H6Br2N4O2. The molecule has 1 amide bonds. The predicted molar refractivity (Wildman–Crippen MR) is 68.1 cm³/mol. The van der Waals surface area contributed by atoms with Gasteiger partial charge in [0.15, 0.2) is 0 Å². The van der Waals surface area contributed by atoms with Crippen LogP contribution < -0.4 is 11.5 Å². The molecule has 0 aliphatic rings. The molecule has 1 aromatic carbocycles. The summed E-state index contributed by atoms with van der Waals surface area (Å²) < 4.78 is 6.39. The molecule has 88 valence electrons. The number of nitrogens with zero attached hydrogens (tertiary/aromatic N) is 2. The number of carbonyl (C=O) groups is 1. The molecule has 0 aliphatic carbocycles. The first kappa shape index (κ1) is 12.1. The molecule has 0 radical (unpaired) electrons. The number of primary amides is 1. The van der Waals surface area contributed by atoms with Crippen molar-refractivity contribution in [3.63, 3.8) is 0 Å². The maximum absolute atomic E-state index is 10.9. The van der Waals surface area contributed by atoms with Crippen LogP contribution in [0.15, 0.2) is 25.6 Å². The number of hydrogen-bond donors (Lipinski definition) is 2. The summed E-state index contributed by atoms with van der Waals surface area (Å²) in [6.45, 7) is 0.